The van der Waals surface area contributed by atoms with Crippen LogP contribution < -0.4 is 10.6 Å². The third-order valence-electron chi connectivity index (χ3n) is 6.04. The summed E-state index contributed by atoms with van der Waals surface area (Å²) in [5, 5.41) is 5.79. The Hall–Kier alpha value is -2.67. The van der Waals surface area contributed by atoms with E-state index in [1.165, 1.54) is 24.6 Å². The average molecular weight is 457 g/mol. The van der Waals surface area contributed by atoms with Crippen LogP contribution in [0, 0.1) is 12.8 Å². The topological polar surface area (TPSA) is 92.3 Å². The molecule has 1 saturated carbocycles. The fourth-order valence-electron chi connectivity index (χ4n) is 4.07. The highest BCUT2D eigenvalue weighted by molar-refractivity contribution is 7.91. The zero-order chi connectivity index (χ0) is 23.3. The van der Waals surface area contributed by atoms with Crippen LogP contribution in [0.1, 0.15) is 68.3 Å². The highest BCUT2D eigenvalue weighted by Gasteiger charge is 2.26. The molecule has 2 aromatic rings. The van der Waals surface area contributed by atoms with E-state index in [0.29, 0.717) is 17.9 Å². The van der Waals surface area contributed by atoms with Gasteiger partial charge in [0.2, 0.25) is 15.7 Å². The van der Waals surface area contributed by atoms with Crippen molar-refractivity contribution in [2.45, 2.75) is 75.1 Å². The molecule has 2 atom stereocenters. The molecule has 2 N–H and O–H groups in total. The van der Waals surface area contributed by atoms with Crippen LogP contribution in [-0.2, 0) is 14.6 Å². The molecule has 0 heterocycles. The first kappa shape index (κ1) is 24.0. The number of nitrogens with one attached hydrogen (secondary N) is 2. The molecule has 2 aromatic carbocycles. The van der Waals surface area contributed by atoms with Crippen molar-refractivity contribution in [2.75, 3.05) is 5.32 Å². The van der Waals surface area contributed by atoms with E-state index in [2.05, 4.69) is 17.6 Å². The lowest BCUT2D eigenvalue weighted by Crippen LogP contribution is -2.41. The lowest BCUT2D eigenvalue weighted by atomic mass is 9.86. The Kier molecular flexibility index (Phi) is 7.72. The van der Waals surface area contributed by atoms with E-state index in [1.54, 1.807) is 24.3 Å². The van der Waals surface area contributed by atoms with Crippen LogP contribution >= 0.6 is 0 Å². The van der Waals surface area contributed by atoms with Crippen molar-refractivity contribution in [1.82, 2.24) is 5.32 Å². The smallest absolute Gasteiger partial charge is 0.251 e. The number of benzene rings is 2. The van der Waals surface area contributed by atoms with Crippen LogP contribution in [0.25, 0.3) is 0 Å². The molecule has 0 aromatic heterocycles. The van der Waals surface area contributed by atoms with Gasteiger partial charge in [-0.2, -0.15) is 0 Å². The third-order valence-corrected chi connectivity index (χ3v) is 7.87. The van der Waals surface area contributed by atoms with Gasteiger partial charge in [0.15, 0.2) is 0 Å². The summed E-state index contributed by atoms with van der Waals surface area (Å²) in [6, 6.07) is 11.1. The summed E-state index contributed by atoms with van der Waals surface area (Å²) in [5.74, 6) is -0.141. The Morgan fingerprint density at radius 1 is 1.03 bits per heavy atom. The summed E-state index contributed by atoms with van der Waals surface area (Å²) in [6.45, 7) is 5.89. The first-order valence-electron chi connectivity index (χ1n) is 11.3. The van der Waals surface area contributed by atoms with Gasteiger partial charge in [-0.3, -0.25) is 9.59 Å². The SMILES string of the molecule is CCCC(=O)Nc1cc(C(=O)N[C@@H]2CCCC[C@@H]2C)ccc1S(=O)(=O)c1ccc(C)cc1. The summed E-state index contributed by atoms with van der Waals surface area (Å²) < 4.78 is 26.6. The normalized spacial score (nSPS) is 18.7. The maximum absolute atomic E-state index is 13.3. The van der Waals surface area contributed by atoms with Crippen molar-refractivity contribution in [3.8, 4) is 0 Å². The van der Waals surface area contributed by atoms with Crippen molar-refractivity contribution >= 4 is 27.3 Å². The van der Waals surface area contributed by atoms with E-state index in [4.69, 9.17) is 0 Å². The molecular formula is C25H32N2O4S. The zero-order valence-corrected chi connectivity index (χ0v) is 19.8. The summed E-state index contributed by atoms with van der Waals surface area (Å²) in [6.07, 6.45) is 5.17. The molecule has 6 nitrogen and oxygen atoms in total. The van der Waals surface area contributed by atoms with Gasteiger partial charge in [0, 0.05) is 18.0 Å². The van der Waals surface area contributed by atoms with E-state index >= 15 is 0 Å². The van der Waals surface area contributed by atoms with Gasteiger partial charge >= 0.3 is 0 Å². The Balaban J connectivity index is 1.95. The Morgan fingerprint density at radius 3 is 2.38 bits per heavy atom. The highest BCUT2D eigenvalue weighted by atomic mass is 32.2. The summed E-state index contributed by atoms with van der Waals surface area (Å²) in [4.78, 5) is 25.3. The molecule has 0 saturated heterocycles. The Bertz CT molecular complexity index is 1080. The maximum Gasteiger partial charge on any atom is 0.251 e. The summed E-state index contributed by atoms with van der Waals surface area (Å²) in [7, 11) is -3.87. The molecular weight excluding hydrogens is 424 g/mol. The second-order valence-electron chi connectivity index (χ2n) is 8.67. The van der Waals surface area contributed by atoms with Crippen molar-refractivity contribution in [3.05, 3.63) is 53.6 Å². The quantitative estimate of drug-likeness (QED) is 0.621. The van der Waals surface area contributed by atoms with Gasteiger partial charge in [0.05, 0.1) is 15.5 Å². The van der Waals surface area contributed by atoms with E-state index in [-0.39, 0.29) is 39.8 Å². The minimum absolute atomic E-state index is 0.0200. The van der Waals surface area contributed by atoms with E-state index < -0.39 is 9.84 Å². The number of carbonyl (C=O) groups excluding carboxylic acids is 2. The van der Waals surface area contributed by atoms with Crippen LogP contribution in [0.15, 0.2) is 52.3 Å². The second kappa shape index (κ2) is 10.3. The van der Waals surface area contributed by atoms with Gasteiger partial charge in [-0.1, -0.05) is 44.4 Å². The molecule has 0 spiro atoms. The number of sulfone groups is 1. The van der Waals surface area contributed by atoms with Gasteiger partial charge in [-0.05, 0) is 62.4 Å². The van der Waals surface area contributed by atoms with Crippen LogP contribution in [0.5, 0.6) is 0 Å². The van der Waals surface area contributed by atoms with Crippen LogP contribution in [0.2, 0.25) is 0 Å². The number of anilines is 1. The number of amides is 2. The first-order chi connectivity index (χ1) is 15.2. The molecule has 0 bridgehead atoms. The van der Waals surface area contributed by atoms with E-state index in [1.807, 2.05) is 13.8 Å². The molecule has 7 heteroatoms. The molecule has 0 unspecified atom stereocenters. The summed E-state index contributed by atoms with van der Waals surface area (Å²) in [5.41, 5.74) is 1.41. The predicted molar refractivity (Wildman–Crippen MR) is 125 cm³/mol. The van der Waals surface area contributed by atoms with Gasteiger partial charge in [-0.25, -0.2) is 8.42 Å². The number of hydrogen-bond donors (Lipinski definition) is 2. The predicted octanol–water partition coefficient (Wildman–Crippen LogP) is 4.87. The first-order valence-corrected chi connectivity index (χ1v) is 12.8. The van der Waals surface area contributed by atoms with E-state index in [0.717, 1.165) is 24.8 Å². The van der Waals surface area contributed by atoms with Gasteiger partial charge in [0.25, 0.3) is 5.91 Å². The largest absolute Gasteiger partial charge is 0.349 e. The van der Waals surface area contributed by atoms with Crippen LogP contribution in [-0.4, -0.2) is 26.3 Å². The molecule has 172 valence electrons. The lowest BCUT2D eigenvalue weighted by molar-refractivity contribution is -0.116. The van der Waals surface area contributed by atoms with Crippen LogP contribution in [0.4, 0.5) is 5.69 Å². The fraction of sp³-hybridized carbons (Fsp3) is 0.440. The van der Waals surface area contributed by atoms with Crippen molar-refractivity contribution in [2.24, 2.45) is 5.92 Å². The molecule has 3 rings (SSSR count). The standard InChI is InChI=1S/C25H32N2O4S/c1-4-7-24(28)26-22-16-19(25(29)27-21-9-6-5-8-18(21)3)12-15-23(22)32(30,31)20-13-10-17(2)11-14-20/h10-16,18,21H,4-9H2,1-3H3,(H,26,28)(H,27,29)/t18-,21+/m0/s1. The number of carbonyl (C=O) groups is 2. The molecule has 1 aliphatic rings. The van der Waals surface area contributed by atoms with Crippen LogP contribution in [0.3, 0.4) is 0 Å². The third kappa shape index (κ3) is 5.57. The van der Waals surface area contributed by atoms with Gasteiger partial charge < -0.3 is 10.6 Å². The highest BCUT2D eigenvalue weighted by Crippen LogP contribution is 2.30. The number of hydrogen-bond acceptors (Lipinski definition) is 4. The molecule has 0 aliphatic heterocycles. The minimum atomic E-state index is -3.87. The fourth-order valence-corrected chi connectivity index (χ4v) is 5.46. The second-order valence-corrected chi connectivity index (χ2v) is 10.6. The monoisotopic (exact) mass is 456 g/mol. The minimum Gasteiger partial charge on any atom is -0.349 e. The average Bonchev–Trinajstić information content (AvgIpc) is 2.75. The van der Waals surface area contributed by atoms with Crippen molar-refractivity contribution in [3.63, 3.8) is 0 Å². The van der Waals surface area contributed by atoms with Crippen molar-refractivity contribution < 1.29 is 18.0 Å². The van der Waals surface area contributed by atoms with E-state index in [9.17, 15) is 18.0 Å². The Morgan fingerprint density at radius 2 is 1.72 bits per heavy atom. The van der Waals surface area contributed by atoms with Gasteiger partial charge in [0.1, 0.15) is 0 Å². The summed E-state index contributed by atoms with van der Waals surface area (Å²) >= 11 is 0. The number of aryl methyl sites for hydroxylation is 1. The van der Waals surface area contributed by atoms with Gasteiger partial charge in [-0.15, -0.1) is 0 Å². The maximum atomic E-state index is 13.3. The molecule has 0 radical (unpaired) electrons. The molecule has 1 fully saturated rings. The zero-order valence-electron chi connectivity index (χ0n) is 19.0. The Labute approximate surface area is 190 Å². The molecule has 32 heavy (non-hydrogen) atoms. The molecule has 1 aliphatic carbocycles. The van der Waals surface area contributed by atoms with Crippen molar-refractivity contribution in [1.29, 1.82) is 0 Å². The molecule has 2 amide bonds. The number of rotatable bonds is 7. The lowest BCUT2D eigenvalue weighted by Gasteiger charge is -2.29.